The molecule has 2 aromatic rings. The molecule has 0 aliphatic carbocycles. The lowest BCUT2D eigenvalue weighted by molar-refractivity contribution is -0.119. The molecule has 0 atom stereocenters. The smallest absolute Gasteiger partial charge is 0.338 e. The van der Waals surface area contributed by atoms with E-state index in [2.05, 4.69) is 5.32 Å². The third kappa shape index (κ3) is 5.48. The number of aryl methyl sites for hydroxylation is 2. The molecule has 0 aromatic heterocycles. The second-order valence-corrected chi connectivity index (χ2v) is 6.42. The minimum atomic E-state index is -0.610. The predicted molar refractivity (Wildman–Crippen MR) is 104 cm³/mol. The van der Waals surface area contributed by atoms with Crippen LogP contribution in [0, 0.1) is 13.8 Å². The average Bonchev–Trinajstić information content (AvgIpc) is 2.62. The summed E-state index contributed by atoms with van der Waals surface area (Å²) < 4.78 is 16.0. The van der Waals surface area contributed by atoms with Gasteiger partial charge in [0.25, 0.3) is 5.91 Å². The summed E-state index contributed by atoms with van der Waals surface area (Å²) in [5.41, 5.74) is 2.90. The van der Waals surface area contributed by atoms with Crippen molar-refractivity contribution in [3.63, 3.8) is 0 Å². The fraction of sp³-hybridized carbons (Fsp3) is 0.333. The van der Waals surface area contributed by atoms with Gasteiger partial charge >= 0.3 is 5.97 Å². The maximum atomic E-state index is 12.2. The minimum Gasteiger partial charge on any atom is -0.493 e. The fourth-order valence-corrected chi connectivity index (χ4v) is 2.55. The molecule has 1 N–H and O–H groups in total. The van der Waals surface area contributed by atoms with Crippen LogP contribution < -0.4 is 14.8 Å². The SMILES string of the molecule is COc1cc(C(=O)OCC(=O)Nc2c(C)cccc2C)ccc1OC(C)C. The van der Waals surface area contributed by atoms with Crippen molar-refractivity contribution in [3.05, 3.63) is 53.1 Å². The van der Waals surface area contributed by atoms with Crippen molar-refractivity contribution >= 4 is 17.6 Å². The maximum absolute atomic E-state index is 12.2. The third-order valence-corrected chi connectivity index (χ3v) is 3.84. The van der Waals surface area contributed by atoms with Gasteiger partial charge in [-0.1, -0.05) is 18.2 Å². The Kier molecular flexibility index (Phi) is 6.82. The Hall–Kier alpha value is -3.02. The minimum absolute atomic E-state index is 0.0229. The molecular formula is C21H25NO5. The summed E-state index contributed by atoms with van der Waals surface area (Å²) >= 11 is 0. The van der Waals surface area contributed by atoms with Crippen LogP contribution in [0.25, 0.3) is 0 Å². The molecule has 6 heteroatoms. The van der Waals surface area contributed by atoms with Gasteiger partial charge in [0, 0.05) is 5.69 Å². The van der Waals surface area contributed by atoms with E-state index in [4.69, 9.17) is 14.2 Å². The van der Waals surface area contributed by atoms with Crippen molar-refractivity contribution in [1.82, 2.24) is 0 Å². The van der Waals surface area contributed by atoms with Crippen LogP contribution in [0.1, 0.15) is 35.3 Å². The standard InChI is InChI=1S/C21H25NO5/c1-13(2)27-17-10-9-16(11-18(17)25-5)21(24)26-12-19(23)22-20-14(3)7-6-8-15(20)4/h6-11,13H,12H2,1-5H3,(H,22,23). The summed E-state index contributed by atoms with van der Waals surface area (Å²) in [5, 5.41) is 2.78. The number of benzene rings is 2. The zero-order valence-electron chi connectivity index (χ0n) is 16.3. The Morgan fingerprint density at radius 2 is 1.70 bits per heavy atom. The Labute approximate surface area is 159 Å². The number of ether oxygens (including phenoxy) is 3. The van der Waals surface area contributed by atoms with Crippen LogP contribution in [0.5, 0.6) is 11.5 Å². The molecular weight excluding hydrogens is 346 g/mol. The van der Waals surface area contributed by atoms with E-state index in [0.717, 1.165) is 16.8 Å². The molecule has 0 heterocycles. The van der Waals surface area contributed by atoms with Crippen LogP contribution >= 0.6 is 0 Å². The van der Waals surface area contributed by atoms with Gasteiger partial charge in [-0.05, 0) is 57.0 Å². The first-order chi connectivity index (χ1) is 12.8. The Morgan fingerprint density at radius 1 is 1.04 bits per heavy atom. The van der Waals surface area contributed by atoms with E-state index in [1.54, 1.807) is 12.1 Å². The first-order valence-corrected chi connectivity index (χ1v) is 8.69. The van der Waals surface area contributed by atoms with Crippen LogP contribution in [0.3, 0.4) is 0 Å². The van der Waals surface area contributed by atoms with Crippen LogP contribution in [-0.4, -0.2) is 31.7 Å². The molecule has 2 aromatic carbocycles. The summed E-state index contributed by atoms with van der Waals surface area (Å²) in [6, 6.07) is 10.5. The highest BCUT2D eigenvalue weighted by molar-refractivity contribution is 5.96. The summed E-state index contributed by atoms with van der Waals surface area (Å²) in [7, 11) is 1.50. The Morgan fingerprint density at radius 3 is 2.30 bits per heavy atom. The van der Waals surface area contributed by atoms with Crippen LogP contribution in [0.4, 0.5) is 5.69 Å². The van der Waals surface area contributed by atoms with E-state index in [9.17, 15) is 9.59 Å². The van der Waals surface area contributed by atoms with E-state index < -0.39 is 11.9 Å². The van der Waals surface area contributed by atoms with E-state index in [1.165, 1.54) is 13.2 Å². The van der Waals surface area contributed by atoms with Gasteiger partial charge in [0.1, 0.15) is 0 Å². The summed E-state index contributed by atoms with van der Waals surface area (Å²) in [6.07, 6.45) is -0.0229. The van der Waals surface area contributed by atoms with Gasteiger partial charge in [0.05, 0.1) is 18.8 Å². The number of para-hydroxylation sites is 1. The number of carbonyl (C=O) groups is 2. The molecule has 144 valence electrons. The normalized spacial score (nSPS) is 10.4. The van der Waals surface area contributed by atoms with Gasteiger partial charge in [0.15, 0.2) is 18.1 Å². The fourth-order valence-electron chi connectivity index (χ4n) is 2.55. The van der Waals surface area contributed by atoms with Crippen LogP contribution in [-0.2, 0) is 9.53 Å². The first-order valence-electron chi connectivity index (χ1n) is 8.69. The zero-order chi connectivity index (χ0) is 20.0. The monoisotopic (exact) mass is 371 g/mol. The first kappa shape index (κ1) is 20.3. The molecule has 1 amide bonds. The molecule has 0 aliphatic heterocycles. The highest BCUT2D eigenvalue weighted by Gasteiger charge is 2.15. The van der Waals surface area contributed by atoms with Crippen LogP contribution in [0.2, 0.25) is 0 Å². The lowest BCUT2D eigenvalue weighted by Gasteiger charge is -2.14. The summed E-state index contributed by atoms with van der Waals surface area (Å²) in [5.74, 6) is -0.0384. The highest BCUT2D eigenvalue weighted by Crippen LogP contribution is 2.29. The molecule has 0 fully saturated rings. The summed E-state index contributed by atoms with van der Waals surface area (Å²) in [4.78, 5) is 24.4. The molecule has 0 radical (unpaired) electrons. The van der Waals surface area contributed by atoms with E-state index in [-0.39, 0.29) is 18.3 Å². The second-order valence-electron chi connectivity index (χ2n) is 6.42. The van der Waals surface area contributed by atoms with Gasteiger partial charge in [-0.25, -0.2) is 4.79 Å². The molecule has 0 aliphatic rings. The largest absolute Gasteiger partial charge is 0.493 e. The van der Waals surface area contributed by atoms with Crippen molar-refractivity contribution in [2.45, 2.75) is 33.8 Å². The van der Waals surface area contributed by atoms with E-state index in [1.807, 2.05) is 45.9 Å². The van der Waals surface area contributed by atoms with Crippen molar-refractivity contribution in [2.24, 2.45) is 0 Å². The molecule has 0 bridgehead atoms. The van der Waals surface area contributed by atoms with Crippen molar-refractivity contribution in [3.8, 4) is 11.5 Å². The Bertz CT molecular complexity index is 809. The number of methoxy groups -OCH3 is 1. The number of rotatable bonds is 7. The maximum Gasteiger partial charge on any atom is 0.338 e. The van der Waals surface area contributed by atoms with Gasteiger partial charge < -0.3 is 19.5 Å². The number of hydrogen-bond donors (Lipinski definition) is 1. The van der Waals surface area contributed by atoms with Crippen molar-refractivity contribution < 1.29 is 23.8 Å². The summed E-state index contributed by atoms with van der Waals surface area (Å²) in [6.45, 7) is 7.23. The van der Waals surface area contributed by atoms with Crippen molar-refractivity contribution in [1.29, 1.82) is 0 Å². The molecule has 0 spiro atoms. The number of amides is 1. The van der Waals surface area contributed by atoms with Gasteiger partial charge in [-0.3, -0.25) is 4.79 Å². The van der Waals surface area contributed by atoms with E-state index >= 15 is 0 Å². The molecule has 0 saturated carbocycles. The molecule has 0 unspecified atom stereocenters. The zero-order valence-corrected chi connectivity index (χ0v) is 16.3. The van der Waals surface area contributed by atoms with Gasteiger partial charge in [0.2, 0.25) is 0 Å². The highest BCUT2D eigenvalue weighted by atomic mass is 16.5. The number of carbonyl (C=O) groups excluding carboxylic acids is 2. The molecule has 6 nitrogen and oxygen atoms in total. The lowest BCUT2D eigenvalue weighted by atomic mass is 10.1. The lowest BCUT2D eigenvalue weighted by Crippen LogP contribution is -2.22. The quantitative estimate of drug-likeness (QED) is 0.748. The van der Waals surface area contributed by atoms with E-state index in [0.29, 0.717) is 11.5 Å². The van der Waals surface area contributed by atoms with Crippen molar-refractivity contribution in [2.75, 3.05) is 19.0 Å². The molecule has 0 saturated heterocycles. The molecule has 2 rings (SSSR count). The van der Waals surface area contributed by atoms with Crippen LogP contribution in [0.15, 0.2) is 36.4 Å². The predicted octanol–water partition coefficient (Wildman–Crippen LogP) is 3.89. The Balaban J connectivity index is 2.00. The third-order valence-electron chi connectivity index (χ3n) is 3.84. The number of hydrogen-bond acceptors (Lipinski definition) is 5. The average molecular weight is 371 g/mol. The second kappa shape index (κ2) is 9.07. The topological polar surface area (TPSA) is 73.9 Å². The number of nitrogens with one attached hydrogen (secondary N) is 1. The number of anilines is 1. The van der Waals surface area contributed by atoms with Gasteiger partial charge in [-0.15, -0.1) is 0 Å². The molecule has 27 heavy (non-hydrogen) atoms. The number of esters is 1. The van der Waals surface area contributed by atoms with Gasteiger partial charge in [-0.2, -0.15) is 0 Å².